The van der Waals surface area contributed by atoms with Gasteiger partial charge in [0.1, 0.15) is 29.7 Å². The highest BCUT2D eigenvalue weighted by molar-refractivity contribution is 5.97. The van der Waals surface area contributed by atoms with E-state index in [0.717, 1.165) is 6.07 Å². The largest absolute Gasteiger partial charge is 0.508 e. The number of aromatic hydroxyl groups is 2. The summed E-state index contributed by atoms with van der Waals surface area (Å²) in [5, 5.41) is 22.9. The van der Waals surface area contributed by atoms with Crippen molar-refractivity contribution < 1.29 is 24.1 Å². The third-order valence-corrected chi connectivity index (χ3v) is 3.81. The van der Waals surface area contributed by atoms with Crippen molar-refractivity contribution in [2.45, 2.75) is 6.61 Å². The van der Waals surface area contributed by atoms with Crippen LogP contribution < -0.4 is 10.2 Å². The quantitative estimate of drug-likeness (QED) is 0.346. The fourth-order valence-electron chi connectivity index (χ4n) is 2.39. The number of hydrogen-bond donors (Lipinski definition) is 3. The molecular formula is C21H17FN2O4. The highest BCUT2D eigenvalue weighted by Crippen LogP contribution is 2.21. The molecule has 0 spiro atoms. The summed E-state index contributed by atoms with van der Waals surface area (Å²) in [6.07, 6.45) is 1.40. The standard InChI is InChI=1S/C21H17FN2O4/c22-19-7-2-1-5-15(19)13-28-17-6-3-4-14(10-17)12-23-24-21(27)18-11-16(25)8-9-20(18)26/h1-12,25-26H,13H2,(H,24,27)/b23-12+. The van der Waals surface area contributed by atoms with Gasteiger partial charge < -0.3 is 14.9 Å². The van der Waals surface area contributed by atoms with Crippen LogP contribution in [-0.4, -0.2) is 22.3 Å². The van der Waals surface area contributed by atoms with Crippen LogP contribution in [0.3, 0.4) is 0 Å². The van der Waals surface area contributed by atoms with Crippen molar-refractivity contribution in [3.8, 4) is 17.2 Å². The Balaban J connectivity index is 1.61. The average Bonchev–Trinajstić information content (AvgIpc) is 2.69. The normalized spacial score (nSPS) is 10.8. The van der Waals surface area contributed by atoms with Crippen molar-refractivity contribution in [1.29, 1.82) is 0 Å². The van der Waals surface area contributed by atoms with Crippen LogP contribution in [-0.2, 0) is 6.61 Å². The Hall–Kier alpha value is -3.87. The zero-order valence-corrected chi connectivity index (χ0v) is 14.7. The van der Waals surface area contributed by atoms with Gasteiger partial charge in [0.05, 0.1) is 11.8 Å². The lowest BCUT2D eigenvalue weighted by molar-refractivity contribution is 0.0952. The fourth-order valence-corrected chi connectivity index (χ4v) is 2.39. The van der Waals surface area contributed by atoms with Gasteiger partial charge in [-0.2, -0.15) is 5.10 Å². The number of ether oxygens (including phenoxy) is 1. The predicted molar refractivity (Wildman–Crippen MR) is 102 cm³/mol. The molecule has 6 nitrogen and oxygen atoms in total. The van der Waals surface area contributed by atoms with Crippen molar-refractivity contribution in [3.63, 3.8) is 0 Å². The molecule has 0 unspecified atom stereocenters. The SMILES string of the molecule is O=C(N/N=C/c1cccc(OCc2ccccc2F)c1)c1cc(O)ccc1O. The van der Waals surface area contributed by atoms with Crippen LogP contribution in [0, 0.1) is 5.82 Å². The Morgan fingerprint density at radius 3 is 2.71 bits per heavy atom. The summed E-state index contributed by atoms with van der Waals surface area (Å²) < 4.78 is 19.2. The van der Waals surface area contributed by atoms with E-state index in [1.807, 2.05) is 0 Å². The molecule has 0 aliphatic carbocycles. The molecule has 0 heterocycles. The second kappa shape index (κ2) is 8.68. The molecule has 3 N–H and O–H groups in total. The number of benzene rings is 3. The summed E-state index contributed by atoms with van der Waals surface area (Å²) in [7, 11) is 0. The second-order valence-corrected chi connectivity index (χ2v) is 5.85. The number of nitrogens with zero attached hydrogens (tertiary/aromatic N) is 1. The summed E-state index contributed by atoms with van der Waals surface area (Å²) in [5.74, 6) is -0.903. The van der Waals surface area contributed by atoms with Gasteiger partial charge >= 0.3 is 0 Å². The summed E-state index contributed by atoms with van der Waals surface area (Å²) in [6.45, 7) is 0.0841. The molecule has 0 aliphatic rings. The van der Waals surface area contributed by atoms with Gasteiger partial charge in [0.15, 0.2) is 0 Å². The van der Waals surface area contributed by atoms with Crippen molar-refractivity contribution in [2.24, 2.45) is 5.10 Å². The van der Waals surface area contributed by atoms with Gasteiger partial charge in [-0.3, -0.25) is 4.79 Å². The molecule has 3 rings (SSSR count). The first kappa shape index (κ1) is 18.9. The summed E-state index contributed by atoms with van der Waals surface area (Å²) in [5.41, 5.74) is 3.26. The smallest absolute Gasteiger partial charge is 0.275 e. The number of amides is 1. The van der Waals surface area contributed by atoms with Gasteiger partial charge in [-0.05, 0) is 42.0 Å². The molecule has 3 aromatic rings. The predicted octanol–water partition coefficient (Wildman–Crippen LogP) is 3.58. The minimum absolute atomic E-state index is 0.0841. The van der Waals surface area contributed by atoms with E-state index < -0.39 is 5.91 Å². The van der Waals surface area contributed by atoms with E-state index in [4.69, 9.17) is 4.74 Å². The van der Waals surface area contributed by atoms with Crippen LogP contribution >= 0.6 is 0 Å². The van der Waals surface area contributed by atoms with Crippen molar-refractivity contribution >= 4 is 12.1 Å². The third kappa shape index (κ3) is 4.85. The molecule has 0 fully saturated rings. The second-order valence-electron chi connectivity index (χ2n) is 5.85. The lowest BCUT2D eigenvalue weighted by Gasteiger charge is -2.07. The maximum atomic E-state index is 13.6. The molecule has 28 heavy (non-hydrogen) atoms. The Bertz CT molecular complexity index is 1020. The molecule has 1 amide bonds. The lowest BCUT2D eigenvalue weighted by Crippen LogP contribution is -2.17. The zero-order chi connectivity index (χ0) is 19.9. The number of carbonyl (C=O) groups excluding carboxylic acids is 1. The number of rotatable bonds is 6. The number of nitrogens with one attached hydrogen (secondary N) is 1. The molecule has 0 saturated heterocycles. The maximum absolute atomic E-state index is 13.6. The first-order chi connectivity index (χ1) is 13.5. The summed E-state index contributed by atoms with van der Waals surface area (Å²) >= 11 is 0. The molecule has 3 aromatic carbocycles. The molecular weight excluding hydrogens is 363 g/mol. The summed E-state index contributed by atoms with van der Waals surface area (Å²) in [6, 6.07) is 16.9. The number of halogens is 1. The number of carbonyl (C=O) groups is 1. The minimum atomic E-state index is -0.670. The number of phenolic OH excluding ortho intramolecular Hbond substituents is 2. The Kier molecular flexibility index (Phi) is 5.86. The molecule has 0 radical (unpaired) electrons. The van der Waals surface area contributed by atoms with E-state index in [1.54, 1.807) is 42.5 Å². The van der Waals surface area contributed by atoms with Crippen LogP contribution in [0.15, 0.2) is 71.8 Å². The lowest BCUT2D eigenvalue weighted by atomic mass is 10.2. The van der Waals surface area contributed by atoms with Gasteiger partial charge in [0.2, 0.25) is 0 Å². The molecule has 0 aromatic heterocycles. The molecule has 0 bridgehead atoms. The molecule has 0 atom stereocenters. The Morgan fingerprint density at radius 2 is 1.89 bits per heavy atom. The molecule has 0 saturated carbocycles. The monoisotopic (exact) mass is 380 g/mol. The number of phenols is 2. The van der Waals surface area contributed by atoms with Crippen molar-refractivity contribution in [1.82, 2.24) is 5.43 Å². The van der Waals surface area contributed by atoms with E-state index in [2.05, 4.69) is 10.5 Å². The van der Waals surface area contributed by atoms with Crippen molar-refractivity contribution in [3.05, 3.63) is 89.2 Å². The Morgan fingerprint density at radius 1 is 1.07 bits per heavy atom. The van der Waals surface area contributed by atoms with Crippen LogP contribution in [0.25, 0.3) is 0 Å². The van der Waals surface area contributed by atoms with E-state index in [9.17, 15) is 19.4 Å². The van der Waals surface area contributed by atoms with Gasteiger partial charge in [-0.25, -0.2) is 9.82 Å². The van der Waals surface area contributed by atoms with E-state index in [-0.39, 0.29) is 29.5 Å². The molecule has 7 heteroatoms. The van der Waals surface area contributed by atoms with E-state index in [1.165, 1.54) is 24.4 Å². The van der Waals surface area contributed by atoms with Crippen LogP contribution in [0.2, 0.25) is 0 Å². The third-order valence-electron chi connectivity index (χ3n) is 3.81. The van der Waals surface area contributed by atoms with Crippen LogP contribution in [0.5, 0.6) is 17.2 Å². The fraction of sp³-hybridized carbons (Fsp3) is 0.0476. The number of hydrogen-bond acceptors (Lipinski definition) is 5. The van der Waals surface area contributed by atoms with E-state index >= 15 is 0 Å². The van der Waals surface area contributed by atoms with Gasteiger partial charge in [0, 0.05) is 5.56 Å². The molecule has 142 valence electrons. The topological polar surface area (TPSA) is 91.2 Å². The average molecular weight is 380 g/mol. The highest BCUT2D eigenvalue weighted by Gasteiger charge is 2.11. The van der Waals surface area contributed by atoms with E-state index in [0.29, 0.717) is 16.9 Å². The van der Waals surface area contributed by atoms with Gasteiger partial charge in [-0.15, -0.1) is 0 Å². The number of hydrazone groups is 1. The summed E-state index contributed by atoms with van der Waals surface area (Å²) in [4.78, 5) is 12.0. The first-order valence-corrected chi connectivity index (χ1v) is 8.34. The van der Waals surface area contributed by atoms with Crippen LogP contribution in [0.4, 0.5) is 4.39 Å². The van der Waals surface area contributed by atoms with Crippen molar-refractivity contribution in [2.75, 3.05) is 0 Å². The minimum Gasteiger partial charge on any atom is -0.508 e. The van der Waals surface area contributed by atoms with Crippen LogP contribution in [0.1, 0.15) is 21.5 Å². The highest BCUT2D eigenvalue weighted by atomic mass is 19.1. The Labute approximate surface area is 160 Å². The zero-order valence-electron chi connectivity index (χ0n) is 14.7. The van der Waals surface area contributed by atoms with Gasteiger partial charge in [-0.1, -0.05) is 30.3 Å². The maximum Gasteiger partial charge on any atom is 0.275 e. The first-order valence-electron chi connectivity index (χ1n) is 8.34. The molecule has 0 aliphatic heterocycles. The van der Waals surface area contributed by atoms with Gasteiger partial charge in [0.25, 0.3) is 5.91 Å².